The molecule has 1 aliphatic heterocycles. The first-order valence-corrected chi connectivity index (χ1v) is 9.74. The molecule has 0 bridgehead atoms. The Kier molecular flexibility index (Phi) is 5.93. The number of likely N-dealkylation sites (tertiary alicyclic amines) is 1. The van der Waals surface area contributed by atoms with E-state index < -0.39 is 12.1 Å². The van der Waals surface area contributed by atoms with Gasteiger partial charge in [-0.3, -0.25) is 9.59 Å². The molecule has 1 saturated heterocycles. The number of ether oxygens (including phenoxy) is 1. The Bertz CT molecular complexity index is 847. The van der Waals surface area contributed by atoms with Crippen LogP contribution in [0.15, 0.2) is 11.1 Å². The first-order valence-electron chi connectivity index (χ1n) is 8.95. The maximum Gasteiger partial charge on any atom is 0.303 e. The maximum atomic E-state index is 12.3. The number of piperidine rings is 1. The molecule has 1 fully saturated rings. The smallest absolute Gasteiger partial charge is 0.303 e. The first-order chi connectivity index (χ1) is 12.9. The van der Waals surface area contributed by atoms with Crippen LogP contribution >= 0.6 is 15.9 Å². The van der Waals surface area contributed by atoms with E-state index in [0.29, 0.717) is 35.1 Å². The lowest BCUT2D eigenvalue weighted by molar-refractivity contribution is -0.158. The summed E-state index contributed by atoms with van der Waals surface area (Å²) in [6.07, 6.45) is 3.50. The van der Waals surface area contributed by atoms with E-state index in [0.717, 1.165) is 31.5 Å². The van der Waals surface area contributed by atoms with Gasteiger partial charge in [0.15, 0.2) is 27.8 Å². The van der Waals surface area contributed by atoms with Crippen LogP contribution in [0.4, 0.5) is 5.82 Å². The lowest BCUT2D eigenvalue weighted by Crippen LogP contribution is -2.44. The molecule has 3 rings (SSSR count). The van der Waals surface area contributed by atoms with Crippen LogP contribution in [0.2, 0.25) is 0 Å². The number of halogens is 1. The van der Waals surface area contributed by atoms with E-state index in [9.17, 15) is 9.59 Å². The highest BCUT2D eigenvalue weighted by molar-refractivity contribution is 9.10. The summed E-state index contributed by atoms with van der Waals surface area (Å²) >= 11 is 3.47. The van der Waals surface area contributed by atoms with Crippen molar-refractivity contribution in [2.24, 2.45) is 5.92 Å². The van der Waals surface area contributed by atoms with E-state index in [1.807, 2.05) is 4.57 Å². The second-order valence-electron chi connectivity index (χ2n) is 6.77. The Morgan fingerprint density at radius 3 is 2.74 bits per heavy atom. The third-order valence-electron chi connectivity index (χ3n) is 4.89. The zero-order valence-corrected chi connectivity index (χ0v) is 17.0. The van der Waals surface area contributed by atoms with E-state index in [4.69, 9.17) is 10.5 Å². The highest BCUT2D eigenvalue weighted by Crippen LogP contribution is 2.26. The molecule has 0 aromatic carbocycles. The molecule has 0 radical (unpaired) electrons. The summed E-state index contributed by atoms with van der Waals surface area (Å²) in [4.78, 5) is 37.8. The summed E-state index contributed by atoms with van der Waals surface area (Å²) in [6.45, 7) is 5.04. The van der Waals surface area contributed by atoms with E-state index in [1.54, 1.807) is 11.8 Å². The minimum atomic E-state index is -0.725. The quantitative estimate of drug-likeness (QED) is 0.557. The summed E-state index contributed by atoms with van der Waals surface area (Å²) in [5.41, 5.74) is 7.18. The molecule has 10 heteroatoms. The van der Waals surface area contributed by atoms with Crippen LogP contribution in [0.3, 0.4) is 0 Å². The van der Waals surface area contributed by atoms with Crippen molar-refractivity contribution in [3.05, 3.63) is 11.1 Å². The Morgan fingerprint density at radius 1 is 1.37 bits per heavy atom. The fraction of sp³-hybridized carbons (Fsp3) is 0.588. The minimum Gasteiger partial charge on any atom is -0.453 e. The van der Waals surface area contributed by atoms with Gasteiger partial charge >= 0.3 is 5.97 Å². The molecule has 2 aromatic rings. The average molecular weight is 439 g/mol. The molecule has 3 heterocycles. The summed E-state index contributed by atoms with van der Waals surface area (Å²) in [6, 6.07) is 0. The van der Waals surface area contributed by atoms with E-state index >= 15 is 0 Å². The zero-order valence-electron chi connectivity index (χ0n) is 15.4. The lowest BCUT2D eigenvalue weighted by Gasteiger charge is -2.33. The van der Waals surface area contributed by atoms with Crippen molar-refractivity contribution in [2.45, 2.75) is 45.8 Å². The van der Waals surface area contributed by atoms with E-state index in [-0.39, 0.29) is 5.91 Å². The van der Waals surface area contributed by atoms with Gasteiger partial charge in [0.1, 0.15) is 6.33 Å². The minimum absolute atomic E-state index is 0.126. The zero-order chi connectivity index (χ0) is 19.6. The standard InChI is InChI=1S/C17H23BrN6O3/c1-10(27-11(2)25)16(26)23-6-3-12(4-7-23)5-8-24-15-13(22-17(24)18)14(19)20-9-21-15/h9-10,12H,3-8H2,1-2H3,(H2,19,20,21). The van der Waals surface area contributed by atoms with Crippen LogP contribution in [0, 0.1) is 5.92 Å². The molecule has 27 heavy (non-hydrogen) atoms. The largest absolute Gasteiger partial charge is 0.453 e. The number of nitrogen functional groups attached to an aromatic ring is 1. The van der Waals surface area contributed by atoms with Crippen molar-refractivity contribution < 1.29 is 14.3 Å². The number of hydrogen-bond donors (Lipinski definition) is 1. The predicted molar refractivity (Wildman–Crippen MR) is 103 cm³/mol. The van der Waals surface area contributed by atoms with Gasteiger partial charge in [-0.25, -0.2) is 15.0 Å². The molecule has 1 unspecified atom stereocenters. The van der Waals surface area contributed by atoms with Crippen LogP contribution in [-0.4, -0.2) is 55.5 Å². The summed E-state index contributed by atoms with van der Waals surface area (Å²) in [7, 11) is 0. The number of anilines is 1. The monoisotopic (exact) mass is 438 g/mol. The topological polar surface area (TPSA) is 116 Å². The number of rotatable bonds is 5. The SMILES string of the molecule is CC(=O)OC(C)C(=O)N1CCC(CCn2c(Br)nc3c(N)ncnc32)CC1. The van der Waals surface area contributed by atoms with Crippen LogP contribution in [0.5, 0.6) is 0 Å². The molecular formula is C17H23BrN6O3. The summed E-state index contributed by atoms with van der Waals surface area (Å²) in [5, 5.41) is 0. The van der Waals surface area contributed by atoms with Gasteiger partial charge in [0.2, 0.25) is 0 Å². The molecule has 0 saturated carbocycles. The molecule has 1 atom stereocenters. The van der Waals surface area contributed by atoms with Crippen molar-refractivity contribution in [3.63, 3.8) is 0 Å². The van der Waals surface area contributed by atoms with Gasteiger partial charge in [-0.15, -0.1) is 0 Å². The number of nitrogens with two attached hydrogens (primary N) is 1. The molecule has 0 spiro atoms. The Morgan fingerprint density at radius 2 is 2.07 bits per heavy atom. The molecular weight excluding hydrogens is 416 g/mol. The predicted octanol–water partition coefficient (Wildman–Crippen LogP) is 1.75. The van der Waals surface area contributed by atoms with Gasteiger partial charge in [0.05, 0.1) is 0 Å². The Balaban J connectivity index is 1.55. The lowest BCUT2D eigenvalue weighted by atomic mass is 9.93. The Labute approximate surface area is 165 Å². The summed E-state index contributed by atoms with van der Waals surface area (Å²) in [5.74, 6) is 0.308. The number of carbonyl (C=O) groups is 2. The Hall–Kier alpha value is -2.23. The molecule has 1 aliphatic rings. The summed E-state index contributed by atoms with van der Waals surface area (Å²) < 4.78 is 7.67. The highest BCUT2D eigenvalue weighted by Gasteiger charge is 2.27. The number of aryl methyl sites for hydroxylation is 1. The number of aromatic nitrogens is 4. The number of amides is 1. The first kappa shape index (κ1) is 19.5. The fourth-order valence-corrected chi connectivity index (χ4v) is 3.96. The van der Waals surface area contributed by atoms with E-state index in [1.165, 1.54) is 13.3 Å². The van der Waals surface area contributed by atoms with Crippen molar-refractivity contribution >= 4 is 44.8 Å². The molecule has 1 amide bonds. The highest BCUT2D eigenvalue weighted by atomic mass is 79.9. The number of imidazole rings is 1. The van der Waals surface area contributed by atoms with Crippen molar-refractivity contribution in [1.29, 1.82) is 0 Å². The van der Waals surface area contributed by atoms with Gasteiger partial charge in [-0.2, -0.15) is 0 Å². The van der Waals surface area contributed by atoms with Crippen molar-refractivity contribution in [2.75, 3.05) is 18.8 Å². The second-order valence-corrected chi connectivity index (χ2v) is 7.48. The molecule has 2 aromatic heterocycles. The van der Waals surface area contributed by atoms with Gasteiger partial charge in [-0.05, 0) is 48.0 Å². The average Bonchev–Trinajstić information content (AvgIpc) is 2.96. The molecule has 9 nitrogen and oxygen atoms in total. The van der Waals surface area contributed by atoms with Gasteiger partial charge in [0.25, 0.3) is 5.91 Å². The second kappa shape index (κ2) is 8.20. The third kappa shape index (κ3) is 4.37. The van der Waals surface area contributed by atoms with Crippen molar-refractivity contribution in [1.82, 2.24) is 24.4 Å². The number of carbonyl (C=O) groups excluding carboxylic acids is 2. The maximum absolute atomic E-state index is 12.3. The van der Waals surface area contributed by atoms with Gasteiger partial charge < -0.3 is 19.9 Å². The van der Waals surface area contributed by atoms with Gasteiger partial charge in [-0.1, -0.05) is 0 Å². The van der Waals surface area contributed by atoms with Crippen molar-refractivity contribution in [3.8, 4) is 0 Å². The fourth-order valence-electron chi connectivity index (χ4n) is 3.44. The molecule has 0 aliphatic carbocycles. The normalized spacial score (nSPS) is 16.5. The number of fused-ring (bicyclic) bond motifs is 1. The number of hydrogen-bond acceptors (Lipinski definition) is 7. The van der Waals surface area contributed by atoms with Gasteiger partial charge in [0, 0.05) is 26.6 Å². The van der Waals surface area contributed by atoms with E-state index in [2.05, 4.69) is 30.9 Å². The third-order valence-corrected chi connectivity index (χ3v) is 5.50. The number of esters is 1. The number of nitrogens with zero attached hydrogens (tertiary/aromatic N) is 5. The van der Waals surface area contributed by atoms with Crippen LogP contribution in [-0.2, 0) is 20.9 Å². The molecule has 146 valence electrons. The van der Waals surface area contributed by atoms with Crippen LogP contribution in [0.1, 0.15) is 33.1 Å². The van der Waals surface area contributed by atoms with Crippen LogP contribution < -0.4 is 5.73 Å². The van der Waals surface area contributed by atoms with Crippen LogP contribution in [0.25, 0.3) is 11.2 Å². The molecule has 2 N–H and O–H groups in total.